The number of carbonyl (C=O) groups excluding carboxylic acids is 1. The Morgan fingerprint density at radius 2 is 2.41 bits per heavy atom. The molecule has 7 heteroatoms. The summed E-state index contributed by atoms with van der Waals surface area (Å²) in [6.45, 7) is 4.82. The van der Waals surface area contributed by atoms with Crippen molar-refractivity contribution < 1.29 is 9.21 Å². The quantitative estimate of drug-likeness (QED) is 0.897. The standard InChI is InChI=1S/C15H19N3O2S2/c1-9-5-12(10(2)20-9)13-8-22-15(17-13)18-14(19)6-11-7-21-4-3-16-11/h5,8,11,16H,3-4,6-7H2,1-2H3,(H,17,18,19). The number of thiazole rings is 1. The maximum absolute atomic E-state index is 12.1. The van der Waals surface area contributed by atoms with Crippen LogP contribution < -0.4 is 10.6 Å². The second-order valence-corrected chi connectivity index (χ2v) is 7.35. The molecule has 0 saturated carbocycles. The highest BCUT2D eigenvalue weighted by Crippen LogP contribution is 2.29. The number of thioether (sulfide) groups is 1. The Hall–Kier alpha value is -1.31. The summed E-state index contributed by atoms with van der Waals surface area (Å²) in [5, 5.41) is 8.85. The molecule has 1 atom stereocenters. The number of hydrogen-bond acceptors (Lipinski definition) is 6. The summed E-state index contributed by atoms with van der Waals surface area (Å²) in [5.74, 6) is 3.85. The molecule has 1 aliphatic rings. The van der Waals surface area contributed by atoms with E-state index in [1.807, 2.05) is 37.1 Å². The van der Waals surface area contributed by atoms with Crippen molar-refractivity contribution in [3.8, 4) is 11.3 Å². The van der Waals surface area contributed by atoms with Gasteiger partial charge in [-0.2, -0.15) is 11.8 Å². The number of nitrogens with one attached hydrogen (secondary N) is 2. The smallest absolute Gasteiger partial charge is 0.227 e. The van der Waals surface area contributed by atoms with E-state index in [0.717, 1.165) is 40.8 Å². The van der Waals surface area contributed by atoms with Crippen molar-refractivity contribution in [2.24, 2.45) is 0 Å². The van der Waals surface area contributed by atoms with Crippen molar-refractivity contribution in [1.82, 2.24) is 10.3 Å². The third-order valence-electron chi connectivity index (χ3n) is 3.50. The van der Waals surface area contributed by atoms with Crippen LogP contribution in [-0.2, 0) is 4.79 Å². The predicted molar refractivity (Wildman–Crippen MR) is 91.7 cm³/mol. The van der Waals surface area contributed by atoms with Gasteiger partial charge in [0.15, 0.2) is 5.13 Å². The molecular formula is C15H19N3O2S2. The first-order chi connectivity index (χ1) is 10.6. The van der Waals surface area contributed by atoms with Crippen molar-refractivity contribution in [2.75, 3.05) is 23.4 Å². The Balaban J connectivity index is 1.61. The minimum absolute atomic E-state index is 0.0148. The summed E-state index contributed by atoms with van der Waals surface area (Å²) in [4.78, 5) is 16.6. The average molecular weight is 337 g/mol. The lowest BCUT2D eigenvalue weighted by Gasteiger charge is -2.22. The molecule has 0 bridgehead atoms. The van der Waals surface area contributed by atoms with Crippen molar-refractivity contribution >= 4 is 34.1 Å². The summed E-state index contributed by atoms with van der Waals surface area (Å²) < 4.78 is 5.53. The van der Waals surface area contributed by atoms with Gasteiger partial charge in [0.1, 0.15) is 11.5 Å². The lowest BCUT2D eigenvalue weighted by atomic mass is 10.2. The van der Waals surface area contributed by atoms with E-state index in [1.54, 1.807) is 0 Å². The third kappa shape index (κ3) is 3.71. The highest BCUT2D eigenvalue weighted by Gasteiger charge is 2.18. The molecule has 1 fully saturated rings. The fraction of sp³-hybridized carbons (Fsp3) is 0.467. The SMILES string of the molecule is Cc1cc(-c2csc(NC(=O)CC3CSCCN3)n2)c(C)o1. The first-order valence-corrected chi connectivity index (χ1v) is 9.29. The van der Waals surface area contributed by atoms with Crippen LogP contribution in [0.3, 0.4) is 0 Å². The lowest BCUT2D eigenvalue weighted by molar-refractivity contribution is -0.116. The van der Waals surface area contributed by atoms with Crippen molar-refractivity contribution in [1.29, 1.82) is 0 Å². The third-order valence-corrected chi connectivity index (χ3v) is 5.39. The molecule has 0 aliphatic carbocycles. The molecule has 5 nitrogen and oxygen atoms in total. The molecule has 3 rings (SSSR count). The summed E-state index contributed by atoms with van der Waals surface area (Å²) in [6.07, 6.45) is 0.492. The number of nitrogens with zero attached hydrogens (tertiary/aromatic N) is 1. The van der Waals surface area contributed by atoms with Gasteiger partial charge >= 0.3 is 0 Å². The number of amides is 1. The molecule has 1 saturated heterocycles. The molecule has 22 heavy (non-hydrogen) atoms. The highest BCUT2D eigenvalue weighted by atomic mass is 32.2. The molecule has 1 amide bonds. The van der Waals surface area contributed by atoms with Gasteiger partial charge in [-0.1, -0.05) is 0 Å². The maximum Gasteiger partial charge on any atom is 0.227 e. The lowest BCUT2D eigenvalue weighted by Crippen LogP contribution is -2.39. The topological polar surface area (TPSA) is 67.2 Å². The van der Waals surface area contributed by atoms with E-state index in [4.69, 9.17) is 4.42 Å². The number of aromatic nitrogens is 1. The number of anilines is 1. The van der Waals surface area contributed by atoms with Crippen LogP contribution in [0.4, 0.5) is 5.13 Å². The van der Waals surface area contributed by atoms with Crippen molar-refractivity contribution in [3.63, 3.8) is 0 Å². The molecule has 2 aromatic heterocycles. The van der Waals surface area contributed by atoms with Gasteiger partial charge in [-0.25, -0.2) is 4.98 Å². The van der Waals surface area contributed by atoms with Crippen molar-refractivity contribution in [3.05, 3.63) is 23.0 Å². The Kier molecular flexibility index (Phi) is 4.85. The van der Waals surface area contributed by atoms with Gasteiger partial charge in [0.2, 0.25) is 5.91 Å². The normalized spacial score (nSPS) is 18.4. The minimum Gasteiger partial charge on any atom is -0.466 e. The fourth-order valence-corrected chi connectivity index (χ4v) is 4.16. The van der Waals surface area contributed by atoms with Crippen LogP contribution in [0.1, 0.15) is 17.9 Å². The summed E-state index contributed by atoms with van der Waals surface area (Å²) >= 11 is 3.33. The molecule has 3 heterocycles. The molecule has 0 aromatic carbocycles. The summed E-state index contributed by atoms with van der Waals surface area (Å²) in [6, 6.07) is 2.23. The first-order valence-electron chi connectivity index (χ1n) is 7.26. The van der Waals surface area contributed by atoms with Crippen LogP contribution in [0.2, 0.25) is 0 Å². The minimum atomic E-state index is 0.0148. The average Bonchev–Trinajstić information content (AvgIpc) is 3.06. The zero-order valence-corrected chi connectivity index (χ0v) is 14.3. The van der Waals surface area contributed by atoms with Gasteiger partial charge in [0.25, 0.3) is 0 Å². The summed E-state index contributed by atoms with van der Waals surface area (Å²) in [5.41, 5.74) is 1.83. The fourth-order valence-electron chi connectivity index (χ4n) is 2.48. The van der Waals surface area contributed by atoms with Crippen LogP contribution in [0.5, 0.6) is 0 Å². The highest BCUT2D eigenvalue weighted by molar-refractivity contribution is 7.99. The number of aryl methyl sites for hydroxylation is 2. The molecule has 1 unspecified atom stereocenters. The van der Waals surface area contributed by atoms with E-state index in [1.165, 1.54) is 11.3 Å². The second-order valence-electron chi connectivity index (χ2n) is 5.34. The van der Waals surface area contributed by atoms with Gasteiger partial charge < -0.3 is 15.1 Å². The molecule has 1 aliphatic heterocycles. The molecule has 2 N–H and O–H groups in total. The largest absolute Gasteiger partial charge is 0.466 e. The van der Waals surface area contributed by atoms with Gasteiger partial charge in [0, 0.05) is 41.5 Å². The Bertz CT molecular complexity index is 660. The van der Waals surface area contributed by atoms with Crippen LogP contribution in [0.25, 0.3) is 11.3 Å². The van der Waals surface area contributed by atoms with E-state index in [9.17, 15) is 4.79 Å². The number of rotatable bonds is 4. The van der Waals surface area contributed by atoms with Crippen LogP contribution >= 0.6 is 23.1 Å². The maximum atomic E-state index is 12.1. The van der Waals surface area contributed by atoms with E-state index >= 15 is 0 Å². The molecule has 0 spiro atoms. The van der Waals surface area contributed by atoms with Gasteiger partial charge in [-0.15, -0.1) is 11.3 Å². The van der Waals surface area contributed by atoms with Crippen LogP contribution in [-0.4, -0.2) is 35.0 Å². The zero-order chi connectivity index (χ0) is 15.5. The monoisotopic (exact) mass is 337 g/mol. The molecule has 118 valence electrons. The van der Waals surface area contributed by atoms with E-state index in [-0.39, 0.29) is 11.9 Å². The van der Waals surface area contributed by atoms with Crippen LogP contribution in [0.15, 0.2) is 15.9 Å². The van der Waals surface area contributed by atoms with E-state index in [2.05, 4.69) is 15.6 Å². The number of carbonyl (C=O) groups is 1. The van der Waals surface area contributed by atoms with Crippen molar-refractivity contribution in [2.45, 2.75) is 26.3 Å². The van der Waals surface area contributed by atoms with Gasteiger partial charge in [-0.05, 0) is 19.9 Å². The molecule has 2 aromatic rings. The van der Waals surface area contributed by atoms with E-state index in [0.29, 0.717) is 11.6 Å². The second kappa shape index (κ2) is 6.85. The Labute approximate surface area is 137 Å². The number of furan rings is 1. The first kappa shape index (κ1) is 15.6. The summed E-state index contributed by atoms with van der Waals surface area (Å²) in [7, 11) is 0. The zero-order valence-electron chi connectivity index (χ0n) is 12.6. The Morgan fingerprint density at radius 1 is 1.55 bits per heavy atom. The number of hydrogen-bond donors (Lipinski definition) is 2. The predicted octanol–water partition coefficient (Wildman–Crippen LogP) is 3.05. The molecule has 0 radical (unpaired) electrons. The van der Waals surface area contributed by atoms with E-state index < -0.39 is 0 Å². The van der Waals surface area contributed by atoms with Gasteiger partial charge in [0.05, 0.1) is 5.69 Å². The van der Waals surface area contributed by atoms with Gasteiger partial charge in [-0.3, -0.25) is 4.79 Å². The Morgan fingerprint density at radius 3 is 3.09 bits per heavy atom. The molecular weight excluding hydrogens is 318 g/mol. The van der Waals surface area contributed by atoms with Crippen LogP contribution in [0, 0.1) is 13.8 Å².